The standard InChI is InChI=1S/C15H23N5O3/c1-15(2,3)23-14(21)18-11-8-20(9-11)12(13(16)19-22)10-4-6-17-7-5-10/h4-7,11-12,22H,8-9H2,1-3H3,(H2,16,19)(H,18,21)/t12-/m0/s1. The first-order valence-electron chi connectivity index (χ1n) is 7.41. The molecule has 2 rings (SSSR count). The molecule has 8 heteroatoms. The highest BCUT2D eigenvalue weighted by atomic mass is 16.6. The second-order valence-electron chi connectivity index (χ2n) is 6.51. The zero-order chi connectivity index (χ0) is 17.0. The van der Waals surface area contributed by atoms with Crippen LogP contribution < -0.4 is 11.1 Å². The van der Waals surface area contributed by atoms with Gasteiger partial charge in [0.1, 0.15) is 5.60 Å². The number of carbonyl (C=O) groups excluding carboxylic acids is 1. The summed E-state index contributed by atoms with van der Waals surface area (Å²) in [5, 5.41) is 14.9. The van der Waals surface area contributed by atoms with Gasteiger partial charge in [0.15, 0.2) is 5.84 Å². The molecule has 1 aromatic rings. The van der Waals surface area contributed by atoms with Gasteiger partial charge < -0.3 is 21.0 Å². The molecule has 2 heterocycles. The summed E-state index contributed by atoms with van der Waals surface area (Å²) in [6.45, 7) is 6.62. The third kappa shape index (κ3) is 4.56. The molecule has 4 N–H and O–H groups in total. The number of amidine groups is 1. The summed E-state index contributed by atoms with van der Waals surface area (Å²) in [7, 11) is 0. The summed E-state index contributed by atoms with van der Waals surface area (Å²) in [4.78, 5) is 17.7. The molecule has 0 spiro atoms. The van der Waals surface area contributed by atoms with Gasteiger partial charge in [0.25, 0.3) is 0 Å². The molecule has 1 aliphatic rings. The lowest BCUT2D eigenvalue weighted by Gasteiger charge is -2.44. The first-order valence-corrected chi connectivity index (χ1v) is 7.41. The van der Waals surface area contributed by atoms with Gasteiger partial charge in [-0.15, -0.1) is 0 Å². The number of ether oxygens (including phenoxy) is 1. The van der Waals surface area contributed by atoms with Crippen molar-refractivity contribution in [3.05, 3.63) is 30.1 Å². The number of amides is 1. The van der Waals surface area contributed by atoms with Gasteiger partial charge in [-0.3, -0.25) is 9.88 Å². The maximum atomic E-state index is 11.7. The monoisotopic (exact) mass is 321 g/mol. The maximum Gasteiger partial charge on any atom is 0.407 e. The number of oxime groups is 1. The van der Waals surface area contributed by atoms with E-state index in [1.807, 2.05) is 37.8 Å². The van der Waals surface area contributed by atoms with Crippen molar-refractivity contribution in [1.29, 1.82) is 0 Å². The van der Waals surface area contributed by atoms with Gasteiger partial charge in [-0.1, -0.05) is 5.16 Å². The molecular formula is C15H23N5O3. The molecular weight excluding hydrogens is 298 g/mol. The van der Waals surface area contributed by atoms with E-state index >= 15 is 0 Å². The van der Waals surface area contributed by atoms with E-state index in [9.17, 15) is 4.79 Å². The third-order valence-electron chi connectivity index (χ3n) is 3.41. The van der Waals surface area contributed by atoms with Crippen LogP contribution in [0.2, 0.25) is 0 Å². The number of likely N-dealkylation sites (tertiary alicyclic amines) is 1. The number of nitrogens with zero attached hydrogens (tertiary/aromatic N) is 3. The van der Waals surface area contributed by atoms with Crippen molar-refractivity contribution < 1.29 is 14.7 Å². The van der Waals surface area contributed by atoms with E-state index in [0.717, 1.165) is 5.56 Å². The fourth-order valence-corrected chi connectivity index (χ4v) is 2.46. The quantitative estimate of drug-likeness (QED) is 0.331. The van der Waals surface area contributed by atoms with Gasteiger partial charge in [0, 0.05) is 25.5 Å². The first kappa shape index (κ1) is 17.0. The topological polar surface area (TPSA) is 113 Å². The van der Waals surface area contributed by atoms with Crippen LogP contribution in [0.25, 0.3) is 0 Å². The van der Waals surface area contributed by atoms with Gasteiger partial charge in [0.05, 0.1) is 12.1 Å². The number of alkyl carbamates (subject to hydrolysis) is 1. The number of nitrogens with one attached hydrogen (secondary N) is 1. The average Bonchev–Trinajstić information content (AvgIpc) is 2.43. The minimum absolute atomic E-state index is 0.0271. The fourth-order valence-electron chi connectivity index (χ4n) is 2.46. The van der Waals surface area contributed by atoms with Crippen molar-refractivity contribution in [2.24, 2.45) is 10.9 Å². The van der Waals surface area contributed by atoms with Gasteiger partial charge >= 0.3 is 6.09 Å². The van der Waals surface area contributed by atoms with E-state index in [0.29, 0.717) is 13.1 Å². The second kappa shape index (κ2) is 6.82. The van der Waals surface area contributed by atoms with Crippen molar-refractivity contribution in [2.45, 2.75) is 38.5 Å². The molecule has 23 heavy (non-hydrogen) atoms. The van der Waals surface area contributed by atoms with Crippen LogP contribution in [-0.4, -0.2) is 51.8 Å². The van der Waals surface area contributed by atoms with Crippen molar-refractivity contribution >= 4 is 11.9 Å². The zero-order valence-electron chi connectivity index (χ0n) is 13.6. The van der Waals surface area contributed by atoms with E-state index in [-0.39, 0.29) is 17.9 Å². The lowest BCUT2D eigenvalue weighted by Crippen LogP contribution is -2.62. The second-order valence-corrected chi connectivity index (χ2v) is 6.51. The Hall–Kier alpha value is -2.35. The SMILES string of the molecule is CC(C)(C)OC(=O)NC1CN([C@H](C(N)=NO)c2ccncc2)C1. The van der Waals surface area contributed by atoms with Crippen LogP contribution in [0.4, 0.5) is 4.79 Å². The fraction of sp³-hybridized carbons (Fsp3) is 0.533. The van der Waals surface area contributed by atoms with Crippen LogP contribution in [0.15, 0.2) is 29.7 Å². The first-order chi connectivity index (χ1) is 10.8. The van der Waals surface area contributed by atoms with Crippen LogP contribution in [0.5, 0.6) is 0 Å². The molecule has 0 aliphatic carbocycles. The predicted molar refractivity (Wildman–Crippen MR) is 85.1 cm³/mol. The molecule has 1 saturated heterocycles. The van der Waals surface area contributed by atoms with Crippen molar-refractivity contribution in [3.63, 3.8) is 0 Å². The van der Waals surface area contributed by atoms with Crippen molar-refractivity contribution in [1.82, 2.24) is 15.2 Å². The normalized spacial score (nSPS) is 18.1. The molecule has 1 aliphatic heterocycles. The van der Waals surface area contributed by atoms with E-state index in [1.54, 1.807) is 12.4 Å². The minimum atomic E-state index is -0.527. The van der Waals surface area contributed by atoms with E-state index < -0.39 is 11.7 Å². The summed E-state index contributed by atoms with van der Waals surface area (Å²) in [6.07, 6.45) is 2.87. The molecule has 1 atom stereocenters. The Morgan fingerprint density at radius 3 is 2.61 bits per heavy atom. The predicted octanol–water partition coefficient (Wildman–Crippen LogP) is 1.08. The molecule has 0 bridgehead atoms. The molecule has 126 valence electrons. The number of hydrogen-bond acceptors (Lipinski definition) is 6. The molecule has 1 aromatic heterocycles. The summed E-state index contributed by atoms with van der Waals surface area (Å²) < 4.78 is 5.23. The van der Waals surface area contributed by atoms with Crippen molar-refractivity contribution in [2.75, 3.05) is 13.1 Å². The number of pyridine rings is 1. The number of rotatable bonds is 4. The lowest BCUT2D eigenvalue weighted by atomic mass is 9.99. The molecule has 8 nitrogen and oxygen atoms in total. The highest BCUT2D eigenvalue weighted by molar-refractivity contribution is 5.86. The Morgan fingerprint density at radius 2 is 2.09 bits per heavy atom. The molecule has 0 aromatic carbocycles. The van der Waals surface area contributed by atoms with Gasteiger partial charge in [-0.05, 0) is 38.5 Å². The summed E-state index contributed by atoms with van der Waals surface area (Å²) in [5.41, 5.74) is 6.17. The number of nitrogens with two attached hydrogens (primary N) is 1. The van der Waals surface area contributed by atoms with Gasteiger partial charge in [0.2, 0.25) is 0 Å². The van der Waals surface area contributed by atoms with Gasteiger partial charge in [-0.25, -0.2) is 4.79 Å². The molecule has 0 radical (unpaired) electrons. The lowest BCUT2D eigenvalue weighted by molar-refractivity contribution is 0.0372. The van der Waals surface area contributed by atoms with Crippen LogP contribution in [-0.2, 0) is 4.74 Å². The highest BCUT2D eigenvalue weighted by Gasteiger charge is 2.36. The zero-order valence-corrected chi connectivity index (χ0v) is 13.6. The number of aromatic nitrogens is 1. The largest absolute Gasteiger partial charge is 0.444 e. The Bertz CT molecular complexity index is 564. The van der Waals surface area contributed by atoms with Crippen LogP contribution >= 0.6 is 0 Å². The Balaban J connectivity index is 1.94. The van der Waals surface area contributed by atoms with E-state index in [2.05, 4.69) is 15.5 Å². The van der Waals surface area contributed by atoms with Crippen molar-refractivity contribution in [3.8, 4) is 0 Å². The smallest absolute Gasteiger partial charge is 0.407 e. The van der Waals surface area contributed by atoms with Crippen LogP contribution in [0, 0.1) is 0 Å². The molecule has 1 fully saturated rings. The van der Waals surface area contributed by atoms with E-state index in [4.69, 9.17) is 15.7 Å². The van der Waals surface area contributed by atoms with E-state index in [1.165, 1.54) is 0 Å². The number of carbonyl (C=O) groups is 1. The summed E-state index contributed by atoms with van der Waals surface area (Å²) in [6, 6.07) is 3.26. The maximum absolute atomic E-state index is 11.7. The number of hydrogen-bond donors (Lipinski definition) is 3. The third-order valence-corrected chi connectivity index (χ3v) is 3.41. The highest BCUT2D eigenvalue weighted by Crippen LogP contribution is 2.26. The average molecular weight is 321 g/mol. The Kier molecular flexibility index (Phi) is 5.05. The molecule has 0 unspecified atom stereocenters. The van der Waals surface area contributed by atoms with Crippen LogP contribution in [0.1, 0.15) is 32.4 Å². The van der Waals surface area contributed by atoms with Crippen LogP contribution in [0.3, 0.4) is 0 Å². The summed E-state index contributed by atoms with van der Waals surface area (Å²) in [5.74, 6) is 0.104. The minimum Gasteiger partial charge on any atom is -0.444 e. The summed E-state index contributed by atoms with van der Waals surface area (Å²) >= 11 is 0. The Morgan fingerprint density at radius 1 is 1.48 bits per heavy atom. The van der Waals surface area contributed by atoms with Gasteiger partial charge in [-0.2, -0.15) is 0 Å². The molecule has 0 saturated carbocycles. The Labute approximate surface area is 135 Å². The molecule has 1 amide bonds.